The summed E-state index contributed by atoms with van der Waals surface area (Å²) in [4.78, 5) is 20.1. The molecule has 2 heterocycles. The van der Waals surface area contributed by atoms with Crippen molar-refractivity contribution in [2.75, 3.05) is 5.32 Å². The van der Waals surface area contributed by atoms with E-state index in [4.69, 9.17) is 0 Å². The molecule has 6 heteroatoms. The zero-order valence-electron chi connectivity index (χ0n) is 12.8. The number of nitrogens with zero attached hydrogens (tertiary/aromatic N) is 1. The molecule has 2 aromatic heterocycles. The fraction of sp³-hybridized carbons (Fsp3) is 0.294. The Labute approximate surface area is 138 Å². The van der Waals surface area contributed by atoms with Gasteiger partial charge in [-0.1, -0.05) is 6.07 Å². The SMILES string of the molecule is Cc1csc([C@H](NC(=O)Nc2cccc3[nH]ccc23)C2CC2)n1. The summed E-state index contributed by atoms with van der Waals surface area (Å²) in [5.74, 6) is 0.509. The van der Waals surface area contributed by atoms with Crippen LogP contribution in [0.2, 0.25) is 0 Å². The van der Waals surface area contributed by atoms with Crippen LogP contribution in [0.4, 0.5) is 10.5 Å². The number of aromatic amines is 1. The number of nitrogens with one attached hydrogen (secondary N) is 3. The second-order valence-corrected chi connectivity index (χ2v) is 6.87. The third kappa shape index (κ3) is 2.94. The molecule has 1 atom stereocenters. The fourth-order valence-electron chi connectivity index (χ4n) is 2.82. The summed E-state index contributed by atoms with van der Waals surface area (Å²) in [6.07, 6.45) is 4.17. The zero-order chi connectivity index (χ0) is 15.8. The summed E-state index contributed by atoms with van der Waals surface area (Å²) in [5, 5.41) is 10.1. The molecule has 1 aromatic carbocycles. The fourth-order valence-corrected chi connectivity index (χ4v) is 3.76. The number of aryl methyl sites for hydroxylation is 1. The van der Waals surface area contributed by atoms with Crippen molar-refractivity contribution in [2.24, 2.45) is 5.92 Å². The molecule has 4 rings (SSSR count). The van der Waals surface area contributed by atoms with Crippen LogP contribution in [0, 0.1) is 12.8 Å². The van der Waals surface area contributed by atoms with Crippen molar-refractivity contribution in [2.45, 2.75) is 25.8 Å². The molecule has 0 unspecified atom stereocenters. The predicted molar refractivity (Wildman–Crippen MR) is 92.8 cm³/mol. The van der Waals surface area contributed by atoms with Gasteiger partial charge in [0, 0.05) is 28.2 Å². The van der Waals surface area contributed by atoms with E-state index >= 15 is 0 Å². The lowest BCUT2D eigenvalue weighted by Crippen LogP contribution is -2.33. The first-order valence-corrected chi connectivity index (χ1v) is 8.64. The molecule has 0 saturated heterocycles. The second kappa shape index (κ2) is 5.70. The van der Waals surface area contributed by atoms with Crippen LogP contribution in [-0.2, 0) is 0 Å². The smallest absolute Gasteiger partial charge is 0.319 e. The number of hydrogen-bond acceptors (Lipinski definition) is 3. The molecule has 1 aliphatic rings. The Hall–Kier alpha value is -2.34. The lowest BCUT2D eigenvalue weighted by Gasteiger charge is -2.16. The quantitative estimate of drug-likeness (QED) is 0.672. The lowest BCUT2D eigenvalue weighted by atomic mass is 10.2. The molecular formula is C17H18N4OS. The molecule has 2 amide bonds. The monoisotopic (exact) mass is 326 g/mol. The first kappa shape index (κ1) is 14.3. The molecule has 1 fully saturated rings. The highest BCUT2D eigenvalue weighted by atomic mass is 32.1. The van der Waals surface area contributed by atoms with Crippen molar-refractivity contribution < 1.29 is 4.79 Å². The number of anilines is 1. The van der Waals surface area contributed by atoms with E-state index in [1.165, 1.54) is 0 Å². The number of benzene rings is 1. The Bertz CT molecular complexity index is 849. The third-order valence-electron chi connectivity index (χ3n) is 4.13. The van der Waals surface area contributed by atoms with Gasteiger partial charge in [0.05, 0.1) is 11.7 Å². The molecule has 1 saturated carbocycles. The Kier molecular flexibility index (Phi) is 3.53. The van der Waals surface area contributed by atoms with Crippen molar-refractivity contribution in [1.29, 1.82) is 0 Å². The molecule has 0 radical (unpaired) electrons. The number of H-pyrrole nitrogens is 1. The van der Waals surface area contributed by atoms with Crippen molar-refractivity contribution in [3.8, 4) is 0 Å². The highest BCUT2D eigenvalue weighted by Crippen LogP contribution is 2.41. The molecule has 1 aliphatic carbocycles. The van der Waals surface area contributed by atoms with E-state index in [1.807, 2.05) is 42.8 Å². The molecule has 23 heavy (non-hydrogen) atoms. The van der Waals surface area contributed by atoms with Crippen LogP contribution in [-0.4, -0.2) is 16.0 Å². The van der Waals surface area contributed by atoms with E-state index in [-0.39, 0.29) is 12.1 Å². The maximum absolute atomic E-state index is 12.4. The number of hydrogen-bond donors (Lipinski definition) is 3. The summed E-state index contributed by atoms with van der Waals surface area (Å²) in [6, 6.07) is 7.63. The number of rotatable bonds is 4. The first-order chi connectivity index (χ1) is 11.2. The van der Waals surface area contributed by atoms with Crippen molar-refractivity contribution in [3.63, 3.8) is 0 Å². The molecule has 0 aliphatic heterocycles. The van der Waals surface area contributed by atoms with Crippen molar-refractivity contribution in [3.05, 3.63) is 46.5 Å². The number of urea groups is 1. The molecule has 118 valence electrons. The van der Waals surface area contributed by atoms with Gasteiger partial charge in [0.25, 0.3) is 0 Å². The van der Waals surface area contributed by atoms with E-state index in [2.05, 4.69) is 20.6 Å². The van der Waals surface area contributed by atoms with E-state index in [1.54, 1.807) is 11.3 Å². The Balaban J connectivity index is 1.51. The number of carbonyl (C=O) groups excluding carboxylic acids is 1. The van der Waals surface area contributed by atoms with Gasteiger partial charge < -0.3 is 15.6 Å². The van der Waals surface area contributed by atoms with Crippen molar-refractivity contribution >= 4 is 34.0 Å². The topological polar surface area (TPSA) is 69.8 Å². The van der Waals surface area contributed by atoms with Crippen LogP contribution in [0.15, 0.2) is 35.8 Å². The highest BCUT2D eigenvalue weighted by Gasteiger charge is 2.35. The van der Waals surface area contributed by atoms with Crippen LogP contribution < -0.4 is 10.6 Å². The van der Waals surface area contributed by atoms with Crippen LogP contribution in [0.1, 0.15) is 29.6 Å². The third-order valence-corrected chi connectivity index (χ3v) is 5.17. The number of thiazole rings is 1. The summed E-state index contributed by atoms with van der Waals surface area (Å²) in [5.41, 5.74) is 2.83. The number of aromatic nitrogens is 2. The van der Waals surface area contributed by atoms with Gasteiger partial charge in [-0.25, -0.2) is 9.78 Å². The van der Waals surface area contributed by atoms with Crippen molar-refractivity contribution in [1.82, 2.24) is 15.3 Å². The van der Waals surface area contributed by atoms with Gasteiger partial charge in [-0.3, -0.25) is 0 Å². The Morgan fingerprint density at radius 1 is 1.39 bits per heavy atom. The van der Waals surface area contributed by atoms with Crippen LogP contribution in [0.3, 0.4) is 0 Å². The summed E-state index contributed by atoms with van der Waals surface area (Å²) < 4.78 is 0. The first-order valence-electron chi connectivity index (χ1n) is 7.76. The van der Waals surface area contributed by atoms with Gasteiger partial charge in [-0.2, -0.15) is 0 Å². The number of fused-ring (bicyclic) bond motifs is 1. The normalized spacial score (nSPS) is 15.5. The summed E-state index contributed by atoms with van der Waals surface area (Å²) >= 11 is 1.62. The predicted octanol–water partition coefficient (Wildman–Crippen LogP) is 4.21. The van der Waals surface area contributed by atoms with E-state index in [9.17, 15) is 4.79 Å². The minimum Gasteiger partial charge on any atom is -0.361 e. The van der Waals surface area contributed by atoms with Gasteiger partial charge in [0.1, 0.15) is 5.01 Å². The minimum atomic E-state index is -0.177. The Morgan fingerprint density at radius 3 is 3.00 bits per heavy atom. The number of carbonyl (C=O) groups is 1. The summed E-state index contributed by atoms with van der Waals surface area (Å²) in [7, 11) is 0. The molecule has 3 aromatic rings. The average molecular weight is 326 g/mol. The van der Waals surface area contributed by atoms with Gasteiger partial charge in [0.15, 0.2) is 0 Å². The van der Waals surface area contributed by atoms with E-state index in [0.29, 0.717) is 5.92 Å². The molecule has 0 bridgehead atoms. The van der Waals surface area contributed by atoms with E-state index < -0.39 is 0 Å². The van der Waals surface area contributed by atoms with Crippen LogP contribution >= 0.6 is 11.3 Å². The maximum atomic E-state index is 12.4. The van der Waals surface area contributed by atoms with E-state index in [0.717, 1.165) is 40.1 Å². The lowest BCUT2D eigenvalue weighted by molar-refractivity contribution is 0.247. The van der Waals surface area contributed by atoms with Gasteiger partial charge >= 0.3 is 6.03 Å². The average Bonchev–Trinajstić information content (AvgIpc) is 3.09. The molecule has 5 nitrogen and oxygen atoms in total. The molecule has 0 spiro atoms. The maximum Gasteiger partial charge on any atom is 0.319 e. The van der Waals surface area contributed by atoms with Gasteiger partial charge in [0.2, 0.25) is 0 Å². The standard InChI is InChI=1S/C17H18N4OS/c1-10-9-23-16(19-10)15(11-5-6-11)21-17(22)20-14-4-2-3-13-12(14)7-8-18-13/h2-4,7-9,11,15,18H,5-6H2,1H3,(H2,20,21,22)/t15-/m1/s1. The van der Waals surface area contributed by atoms with Gasteiger partial charge in [-0.05, 0) is 43.9 Å². The largest absolute Gasteiger partial charge is 0.361 e. The summed E-state index contributed by atoms with van der Waals surface area (Å²) in [6.45, 7) is 1.98. The zero-order valence-corrected chi connectivity index (χ0v) is 13.6. The Morgan fingerprint density at radius 2 is 2.26 bits per heavy atom. The van der Waals surface area contributed by atoms with Crippen LogP contribution in [0.25, 0.3) is 10.9 Å². The molecule has 3 N–H and O–H groups in total. The second-order valence-electron chi connectivity index (χ2n) is 5.99. The van der Waals surface area contributed by atoms with Crippen LogP contribution in [0.5, 0.6) is 0 Å². The van der Waals surface area contributed by atoms with Gasteiger partial charge in [-0.15, -0.1) is 11.3 Å². The highest BCUT2D eigenvalue weighted by molar-refractivity contribution is 7.09. The minimum absolute atomic E-state index is 0.0131. The molecular weight excluding hydrogens is 308 g/mol. The number of amides is 2.